The van der Waals surface area contributed by atoms with Gasteiger partial charge in [0, 0.05) is 37.8 Å². The number of amides is 1. The van der Waals surface area contributed by atoms with E-state index in [1.54, 1.807) is 18.7 Å². The minimum absolute atomic E-state index is 0.0578. The van der Waals surface area contributed by atoms with Crippen molar-refractivity contribution in [2.75, 3.05) is 31.1 Å². The van der Waals surface area contributed by atoms with Crippen LogP contribution in [0.1, 0.15) is 13.8 Å². The number of anilines is 1. The summed E-state index contributed by atoms with van der Waals surface area (Å²) in [6, 6.07) is 10.1. The van der Waals surface area contributed by atoms with E-state index in [-0.39, 0.29) is 5.91 Å². The van der Waals surface area contributed by atoms with Gasteiger partial charge in [-0.2, -0.15) is 0 Å². The maximum Gasteiger partial charge on any atom is 0.307 e. The van der Waals surface area contributed by atoms with Crippen LogP contribution in [0.15, 0.2) is 30.3 Å². The van der Waals surface area contributed by atoms with Gasteiger partial charge in [0.15, 0.2) is 0 Å². The number of rotatable bonds is 4. The Morgan fingerprint density at radius 2 is 1.57 bits per heavy atom. The number of piperazine rings is 1. The maximum atomic E-state index is 12.3. The monoisotopic (exact) mass is 290 g/mol. The molecule has 5 heteroatoms. The Balaban J connectivity index is 1.92. The second-order valence-electron chi connectivity index (χ2n) is 5.56. The molecule has 1 amide bonds. The van der Waals surface area contributed by atoms with Crippen LogP contribution >= 0.6 is 0 Å². The summed E-state index contributed by atoms with van der Waals surface area (Å²) < 4.78 is 0. The van der Waals surface area contributed by atoms with E-state index >= 15 is 0 Å². The van der Waals surface area contributed by atoms with Gasteiger partial charge in [0.2, 0.25) is 5.91 Å². The van der Waals surface area contributed by atoms with E-state index < -0.39 is 17.8 Å². The lowest BCUT2D eigenvalue weighted by atomic mass is 9.94. The van der Waals surface area contributed by atoms with Gasteiger partial charge in [-0.3, -0.25) is 9.59 Å². The molecule has 1 fully saturated rings. The summed E-state index contributed by atoms with van der Waals surface area (Å²) in [5.41, 5.74) is 1.16. The van der Waals surface area contributed by atoms with Crippen molar-refractivity contribution in [2.45, 2.75) is 13.8 Å². The molecule has 0 bridgehead atoms. The van der Waals surface area contributed by atoms with Gasteiger partial charge in [-0.25, -0.2) is 0 Å². The van der Waals surface area contributed by atoms with E-state index in [0.29, 0.717) is 13.1 Å². The summed E-state index contributed by atoms with van der Waals surface area (Å²) >= 11 is 0. The first-order chi connectivity index (χ1) is 10.0. The summed E-state index contributed by atoms with van der Waals surface area (Å²) in [6.45, 7) is 6.14. The largest absolute Gasteiger partial charge is 0.481 e. The first-order valence-corrected chi connectivity index (χ1v) is 7.32. The summed E-state index contributed by atoms with van der Waals surface area (Å²) in [7, 11) is 0. The van der Waals surface area contributed by atoms with Gasteiger partial charge in [0.1, 0.15) is 0 Å². The minimum atomic E-state index is -0.918. The van der Waals surface area contributed by atoms with Crippen molar-refractivity contribution < 1.29 is 14.7 Å². The van der Waals surface area contributed by atoms with Crippen LogP contribution in [0.4, 0.5) is 5.69 Å². The number of nitrogens with zero attached hydrogens (tertiary/aromatic N) is 2. The number of benzene rings is 1. The fourth-order valence-electron chi connectivity index (χ4n) is 2.54. The van der Waals surface area contributed by atoms with Crippen molar-refractivity contribution in [3.8, 4) is 0 Å². The van der Waals surface area contributed by atoms with Gasteiger partial charge in [0.25, 0.3) is 0 Å². The van der Waals surface area contributed by atoms with Gasteiger partial charge in [-0.05, 0) is 12.1 Å². The third-order valence-corrected chi connectivity index (χ3v) is 4.24. The Hall–Kier alpha value is -2.04. The fraction of sp³-hybridized carbons (Fsp3) is 0.500. The molecule has 1 aromatic carbocycles. The Morgan fingerprint density at radius 1 is 1.00 bits per heavy atom. The smallest absolute Gasteiger partial charge is 0.307 e. The van der Waals surface area contributed by atoms with E-state index in [1.807, 2.05) is 18.2 Å². The van der Waals surface area contributed by atoms with Crippen LogP contribution in [-0.2, 0) is 9.59 Å². The fourth-order valence-corrected chi connectivity index (χ4v) is 2.54. The zero-order valence-corrected chi connectivity index (χ0v) is 12.5. The molecule has 1 N–H and O–H groups in total. The van der Waals surface area contributed by atoms with Gasteiger partial charge in [-0.1, -0.05) is 32.0 Å². The highest BCUT2D eigenvalue weighted by Gasteiger charge is 2.31. The molecule has 1 aliphatic heterocycles. The third-order valence-electron chi connectivity index (χ3n) is 4.24. The van der Waals surface area contributed by atoms with Crippen LogP contribution in [0.25, 0.3) is 0 Å². The molecule has 2 rings (SSSR count). The van der Waals surface area contributed by atoms with Crippen molar-refractivity contribution in [3.05, 3.63) is 30.3 Å². The Kier molecular flexibility index (Phi) is 4.83. The summed E-state index contributed by atoms with van der Waals surface area (Å²) in [5, 5.41) is 9.01. The van der Waals surface area contributed by atoms with Crippen molar-refractivity contribution in [2.24, 2.45) is 11.8 Å². The standard InChI is InChI=1S/C16H22N2O3/c1-12(13(2)16(20)21)15(19)18-10-8-17(9-11-18)14-6-4-3-5-7-14/h3-7,12-13H,8-11H2,1-2H3,(H,20,21). The molecule has 114 valence electrons. The Morgan fingerprint density at radius 3 is 2.10 bits per heavy atom. The Labute approximate surface area is 125 Å². The second kappa shape index (κ2) is 6.61. The van der Waals surface area contributed by atoms with Crippen LogP contribution in [0.5, 0.6) is 0 Å². The molecule has 0 saturated carbocycles. The van der Waals surface area contributed by atoms with Gasteiger partial charge in [-0.15, -0.1) is 0 Å². The molecule has 2 unspecified atom stereocenters. The van der Waals surface area contributed by atoms with E-state index in [2.05, 4.69) is 17.0 Å². The Bertz CT molecular complexity index is 496. The highest BCUT2D eigenvalue weighted by atomic mass is 16.4. The molecule has 0 aromatic heterocycles. The SMILES string of the molecule is CC(C(=O)O)C(C)C(=O)N1CCN(c2ccccc2)CC1. The number of carbonyl (C=O) groups is 2. The zero-order valence-electron chi connectivity index (χ0n) is 12.5. The second-order valence-corrected chi connectivity index (χ2v) is 5.56. The van der Waals surface area contributed by atoms with E-state index in [0.717, 1.165) is 18.8 Å². The van der Waals surface area contributed by atoms with Crippen LogP contribution in [0.3, 0.4) is 0 Å². The van der Waals surface area contributed by atoms with Gasteiger partial charge >= 0.3 is 5.97 Å². The molecule has 1 saturated heterocycles. The third kappa shape index (κ3) is 3.54. The van der Waals surface area contributed by atoms with Crippen molar-refractivity contribution in [3.63, 3.8) is 0 Å². The molecular weight excluding hydrogens is 268 g/mol. The molecule has 1 aromatic rings. The molecule has 2 atom stereocenters. The lowest BCUT2D eigenvalue weighted by Crippen LogP contribution is -2.51. The minimum Gasteiger partial charge on any atom is -0.481 e. The van der Waals surface area contributed by atoms with E-state index in [4.69, 9.17) is 5.11 Å². The summed E-state index contributed by atoms with van der Waals surface area (Å²) in [5.74, 6) is -2.10. The van der Waals surface area contributed by atoms with Crippen LogP contribution in [0.2, 0.25) is 0 Å². The number of para-hydroxylation sites is 1. The van der Waals surface area contributed by atoms with Crippen LogP contribution < -0.4 is 4.90 Å². The number of carbonyl (C=O) groups excluding carboxylic acids is 1. The lowest BCUT2D eigenvalue weighted by Gasteiger charge is -2.37. The average Bonchev–Trinajstić information content (AvgIpc) is 2.53. The molecule has 1 heterocycles. The van der Waals surface area contributed by atoms with Crippen LogP contribution in [-0.4, -0.2) is 48.1 Å². The molecule has 5 nitrogen and oxygen atoms in total. The van der Waals surface area contributed by atoms with E-state index in [9.17, 15) is 9.59 Å². The zero-order chi connectivity index (χ0) is 15.4. The van der Waals surface area contributed by atoms with Crippen LogP contribution in [0, 0.1) is 11.8 Å². The molecular formula is C16H22N2O3. The molecule has 1 aliphatic rings. The average molecular weight is 290 g/mol. The summed E-state index contributed by atoms with van der Waals surface area (Å²) in [6.07, 6.45) is 0. The van der Waals surface area contributed by atoms with Crippen molar-refractivity contribution in [1.29, 1.82) is 0 Å². The van der Waals surface area contributed by atoms with Crippen molar-refractivity contribution in [1.82, 2.24) is 4.90 Å². The highest BCUT2D eigenvalue weighted by molar-refractivity contribution is 5.84. The number of hydrogen-bond donors (Lipinski definition) is 1. The highest BCUT2D eigenvalue weighted by Crippen LogP contribution is 2.19. The molecule has 0 spiro atoms. The number of carboxylic acids is 1. The summed E-state index contributed by atoms with van der Waals surface area (Å²) in [4.78, 5) is 27.3. The van der Waals surface area contributed by atoms with Gasteiger partial charge in [0.05, 0.1) is 5.92 Å². The predicted octanol–water partition coefficient (Wildman–Crippen LogP) is 1.69. The molecule has 21 heavy (non-hydrogen) atoms. The van der Waals surface area contributed by atoms with Gasteiger partial charge < -0.3 is 14.9 Å². The number of carboxylic acid groups (broad SMARTS) is 1. The number of hydrogen-bond acceptors (Lipinski definition) is 3. The van der Waals surface area contributed by atoms with Crippen molar-refractivity contribution >= 4 is 17.6 Å². The topological polar surface area (TPSA) is 60.9 Å². The predicted molar refractivity (Wildman–Crippen MR) is 81.2 cm³/mol. The quantitative estimate of drug-likeness (QED) is 0.916. The lowest BCUT2D eigenvalue weighted by molar-refractivity contribution is -0.149. The molecule has 0 aliphatic carbocycles. The maximum absolute atomic E-state index is 12.3. The number of aliphatic carboxylic acids is 1. The first kappa shape index (κ1) is 15.4. The first-order valence-electron chi connectivity index (χ1n) is 7.32. The normalized spacial score (nSPS) is 18.2. The molecule has 0 radical (unpaired) electrons. The van der Waals surface area contributed by atoms with E-state index in [1.165, 1.54) is 0 Å².